The summed E-state index contributed by atoms with van der Waals surface area (Å²) in [6.07, 6.45) is 10.0. The van der Waals surface area contributed by atoms with Crippen molar-refractivity contribution in [3.63, 3.8) is 0 Å². The van der Waals surface area contributed by atoms with E-state index < -0.39 is 0 Å². The predicted molar refractivity (Wildman–Crippen MR) is 75.2 cm³/mol. The summed E-state index contributed by atoms with van der Waals surface area (Å²) in [7, 11) is 0. The van der Waals surface area contributed by atoms with E-state index in [1.807, 2.05) is 0 Å². The third-order valence-electron chi connectivity index (χ3n) is 1.77. The molecule has 0 aliphatic rings. The first-order chi connectivity index (χ1) is 6.83. The second kappa shape index (κ2) is 24.7. The van der Waals surface area contributed by atoms with Gasteiger partial charge in [-0.15, -0.1) is 0 Å². The van der Waals surface area contributed by atoms with Crippen LogP contribution in [0, 0.1) is 13.8 Å². The van der Waals surface area contributed by atoms with Gasteiger partial charge in [-0.1, -0.05) is 57.5 Å². The minimum Gasteiger partial charge on any atom is -0.343 e. The second-order valence-corrected chi connectivity index (χ2v) is 4.79. The Hall–Kier alpha value is 1.58. The van der Waals surface area contributed by atoms with E-state index in [2.05, 4.69) is 45.7 Å². The van der Waals surface area contributed by atoms with Crippen LogP contribution in [-0.4, -0.2) is 10.7 Å². The van der Waals surface area contributed by atoms with E-state index in [-0.39, 0.29) is 19.5 Å². The van der Waals surface area contributed by atoms with Crippen LogP contribution in [0.5, 0.6) is 0 Å². The van der Waals surface area contributed by atoms with Crippen LogP contribution in [0.25, 0.3) is 0 Å². The summed E-state index contributed by atoms with van der Waals surface area (Å²) in [4.78, 5) is 0. The van der Waals surface area contributed by atoms with E-state index in [0.717, 1.165) is 23.5 Å². The molecule has 15 heavy (non-hydrogen) atoms. The molecule has 3 heteroatoms. The van der Waals surface area contributed by atoms with E-state index in [1.165, 1.54) is 38.5 Å². The minimum atomic E-state index is 0. The first-order valence-electron chi connectivity index (χ1n) is 5.53. The van der Waals surface area contributed by atoms with Gasteiger partial charge in [-0.25, -0.2) is 0 Å². The van der Waals surface area contributed by atoms with Gasteiger partial charge >= 0.3 is 19.5 Å². The van der Waals surface area contributed by atoms with Crippen LogP contribution in [0.3, 0.4) is 0 Å². The van der Waals surface area contributed by atoms with Crippen molar-refractivity contribution in [2.24, 2.45) is 0 Å². The summed E-state index contributed by atoms with van der Waals surface area (Å²) in [5, 5.41) is 2.29. The largest absolute Gasteiger partial charge is 2.00 e. The molecule has 0 fully saturated rings. The molecular weight excluding hydrogens is 369 g/mol. The number of rotatable bonds is 8. The molecule has 0 nitrogen and oxygen atoms in total. The van der Waals surface area contributed by atoms with Crippen LogP contribution < -0.4 is 0 Å². The molecular formula is C12H24Br2Zn. The molecule has 0 atom stereocenters. The van der Waals surface area contributed by atoms with E-state index in [9.17, 15) is 0 Å². The van der Waals surface area contributed by atoms with Crippen LogP contribution >= 0.6 is 31.9 Å². The molecule has 0 bridgehead atoms. The van der Waals surface area contributed by atoms with Gasteiger partial charge in [-0.05, 0) is 12.8 Å². The minimum absolute atomic E-state index is 0. The van der Waals surface area contributed by atoms with Crippen LogP contribution in [0.1, 0.15) is 51.4 Å². The van der Waals surface area contributed by atoms with Crippen molar-refractivity contribution in [1.29, 1.82) is 0 Å². The van der Waals surface area contributed by atoms with Gasteiger partial charge in [0, 0.05) is 10.7 Å². The quantitative estimate of drug-likeness (QED) is 0.220. The van der Waals surface area contributed by atoms with Gasteiger partial charge < -0.3 is 13.8 Å². The van der Waals surface area contributed by atoms with Crippen molar-refractivity contribution in [3.05, 3.63) is 13.8 Å². The maximum Gasteiger partial charge on any atom is 2.00 e. The predicted octanol–water partition coefficient (Wildman–Crippen LogP) is 5.55. The summed E-state index contributed by atoms with van der Waals surface area (Å²) in [6, 6.07) is 0. The fourth-order valence-electron chi connectivity index (χ4n) is 0.896. The van der Waals surface area contributed by atoms with Crippen molar-refractivity contribution in [3.8, 4) is 0 Å². The van der Waals surface area contributed by atoms with Crippen molar-refractivity contribution in [2.45, 2.75) is 51.4 Å². The van der Waals surface area contributed by atoms with E-state index >= 15 is 0 Å². The molecule has 0 N–H and O–H groups in total. The van der Waals surface area contributed by atoms with Crippen LogP contribution in [0.4, 0.5) is 0 Å². The third-order valence-corrected chi connectivity index (χ3v) is 2.89. The molecule has 0 saturated carbocycles. The Labute approximate surface area is 126 Å². The number of alkyl halides is 2. The molecule has 0 aliphatic carbocycles. The monoisotopic (exact) mass is 390 g/mol. The summed E-state index contributed by atoms with van der Waals surface area (Å²) < 4.78 is 0. The van der Waals surface area contributed by atoms with E-state index in [4.69, 9.17) is 0 Å². The van der Waals surface area contributed by atoms with Gasteiger partial charge in [-0.2, -0.15) is 12.8 Å². The summed E-state index contributed by atoms with van der Waals surface area (Å²) >= 11 is 6.72. The Bertz CT molecular complexity index is 62.0. The number of hydrogen-bond acceptors (Lipinski definition) is 0. The molecule has 0 aromatic carbocycles. The smallest absolute Gasteiger partial charge is 0.343 e. The SMILES string of the molecule is [CH2-]CCCCCBr.[CH2-]CCCCCBr.[Zn+2]. The topological polar surface area (TPSA) is 0 Å². The number of hydrogen-bond donors (Lipinski definition) is 0. The van der Waals surface area contributed by atoms with Gasteiger partial charge in [0.05, 0.1) is 0 Å². The molecule has 88 valence electrons. The zero-order chi connectivity index (χ0) is 11.1. The Morgan fingerprint density at radius 1 is 0.600 bits per heavy atom. The normalized spacial score (nSPS) is 8.80. The molecule has 0 aromatic rings. The van der Waals surface area contributed by atoms with Crippen LogP contribution in [0.2, 0.25) is 0 Å². The average molecular weight is 394 g/mol. The van der Waals surface area contributed by atoms with Crippen molar-refractivity contribution in [2.75, 3.05) is 10.7 Å². The summed E-state index contributed by atoms with van der Waals surface area (Å²) in [6.45, 7) is 7.48. The van der Waals surface area contributed by atoms with Gasteiger partial charge in [0.1, 0.15) is 0 Å². The van der Waals surface area contributed by atoms with Crippen LogP contribution in [0.15, 0.2) is 0 Å². The fourth-order valence-corrected chi connectivity index (χ4v) is 1.69. The molecule has 0 heterocycles. The third kappa shape index (κ3) is 31.3. The Morgan fingerprint density at radius 3 is 1.13 bits per heavy atom. The zero-order valence-electron chi connectivity index (χ0n) is 9.95. The molecule has 0 unspecified atom stereocenters. The summed E-state index contributed by atoms with van der Waals surface area (Å²) in [5.41, 5.74) is 0. The Kier molecular flexibility index (Phi) is 35.9. The fraction of sp³-hybridized carbons (Fsp3) is 0.833. The first kappa shape index (κ1) is 21.8. The molecule has 0 amide bonds. The van der Waals surface area contributed by atoms with Crippen molar-refractivity contribution in [1.82, 2.24) is 0 Å². The summed E-state index contributed by atoms with van der Waals surface area (Å²) in [5.74, 6) is 0. The average Bonchev–Trinajstić information content (AvgIpc) is 2.21. The van der Waals surface area contributed by atoms with E-state index in [0.29, 0.717) is 0 Å². The standard InChI is InChI=1S/2C6H12Br.Zn/c2*1-2-3-4-5-6-7;/h2*1-6H2;/q2*-1;+2. The van der Waals surface area contributed by atoms with Gasteiger partial charge in [-0.3, -0.25) is 0 Å². The van der Waals surface area contributed by atoms with Crippen LogP contribution in [-0.2, 0) is 19.5 Å². The Morgan fingerprint density at radius 2 is 0.933 bits per heavy atom. The number of unbranched alkanes of at least 4 members (excludes halogenated alkanes) is 6. The zero-order valence-corrected chi connectivity index (χ0v) is 16.1. The molecule has 0 radical (unpaired) electrons. The maximum atomic E-state index is 3.74. The molecule has 0 aromatic heterocycles. The molecule has 0 aliphatic heterocycles. The molecule has 0 spiro atoms. The molecule has 0 rings (SSSR count). The van der Waals surface area contributed by atoms with E-state index in [1.54, 1.807) is 0 Å². The van der Waals surface area contributed by atoms with Gasteiger partial charge in [0.15, 0.2) is 0 Å². The Balaban J connectivity index is -0.000000180. The maximum absolute atomic E-state index is 3.74. The number of halogens is 2. The van der Waals surface area contributed by atoms with Crippen molar-refractivity contribution >= 4 is 31.9 Å². The molecule has 0 saturated heterocycles. The van der Waals surface area contributed by atoms with Gasteiger partial charge in [0.25, 0.3) is 0 Å². The van der Waals surface area contributed by atoms with Crippen molar-refractivity contribution < 1.29 is 19.5 Å². The van der Waals surface area contributed by atoms with Gasteiger partial charge in [0.2, 0.25) is 0 Å². The second-order valence-electron chi connectivity index (χ2n) is 3.21. The first-order valence-corrected chi connectivity index (χ1v) is 7.78.